The first kappa shape index (κ1) is 20.3. The number of fused-ring (bicyclic) bond motifs is 1. The summed E-state index contributed by atoms with van der Waals surface area (Å²) in [6, 6.07) is 20.2. The zero-order valence-corrected chi connectivity index (χ0v) is 17.7. The summed E-state index contributed by atoms with van der Waals surface area (Å²) in [7, 11) is -3.89. The summed E-state index contributed by atoms with van der Waals surface area (Å²) in [4.78, 5) is 13.0. The Kier molecular flexibility index (Phi) is 5.40. The second-order valence-electron chi connectivity index (χ2n) is 6.89. The lowest BCUT2D eigenvalue weighted by Crippen LogP contribution is -2.48. The summed E-state index contributed by atoms with van der Waals surface area (Å²) in [5.41, 5.74) is 1.77. The molecule has 1 aliphatic heterocycles. The van der Waals surface area contributed by atoms with Crippen LogP contribution in [0.4, 0.5) is 11.4 Å². The van der Waals surface area contributed by atoms with Crippen LogP contribution in [0.2, 0.25) is 5.02 Å². The van der Waals surface area contributed by atoms with Crippen LogP contribution in [-0.4, -0.2) is 27.0 Å². The van der Waals surface area contributed by atoms with E-state index in [-0.39, 0.29) is 11.4 Å². The van der Waals surface area contributed by atoms with Crippen molar-refractivity contribution in [2.45, 2.75) is 17.9 Å². The van der Waals surface area contributed by atoms with E-state index in [2.05, 4.69) is 5.32 Å². The van der Waals surface area contributed by atoms with Gasteiger partial charge in [-0.15, -0.1) is 0 Å². The number of rotatable bonds is 4. The Morgan fingerprint density at radius 1 is 1.03 bits per heavy atom. The van der Waals surface area contributed by atoms with Crippen LogP contribution in [-0.2, 0) is 14.8 Å². The normalized spacial score (nSPS) is 15.8. The molecule has 1 N–H and O–H groups in total. The highest BCUT2D eigenvalue weighted by molar-refractivity contribution is 7.92. The third kappa shape index (κ3) is 3.86. The number of anilines is 2. The van der Waals surface area contributed by atoms with E-state index in [0.717, 1.165) is 5.56 Å². The molecular formula is C22H19ClN2O4S. The predicted molar refractivity (Wildman–Crippen MR) is 117 cm³/mol. The SMILES string of the molecule is Cc1ccc(S(=O)(=O)N2C[C@@H](C(=O)Nc3ccccc3Cl)Oc3ccccc32)cc1. The van der Waals surface area contributed by atoms with Crippen molar-refractivity contribution in [1.29, 1.82) is 0 Å². The van der Waals surface area contributed by atoms with Crippen molar-refractivity contribution in [3.05, 3.63) is 83.4 Å². The summed E-state index contributed by atoms with van der Waals surface area (Å²) in [6.45, 7) is 1.72. The smallest absolute Gasteiger partial charge is 0.267 e. The van der Waals surface area contributed by atoms with Gasteiger partial charge >= 0.3 is 0 Å². The standard InChI is InChI=1S/C22H19ClN2O4S/c1-15-10-12-16(13-11-15)30(27,28)25-14-21(29-20-9-5-4-8-19(20)25)22(26)24-18-7-3-2-6-17(18)23/h2-13,21H,14H2,1H3,(H,24,26)/t21-/m0/s1. The first-order valence-corrected chi connectivity index (χ1v) is 11.1. The number of benzene rings is 3. The Balaban J connectivity index is 1.68. The number of nitrogens with one attached hydrogen (secondary N) is 1. The fraction of sp³-hybridized carbons (Fsp3) is 0.136. The molecule has 30 heavy (non-hydrogen) atoms. The second-order valence-corrected chi connectivity index (χ2v) is 9.16. The van der Waals surface area contributed by atoms with Gasteiger partial charge in [0.2, 0.25) is 0 Å². The number of para-hydroxylation sites is 3. The number of hydrogen-bond acceptors (Lipinski definition) is 4. The number of sulfonamides is 1. The molecule has 1 aliphatic rings. The van der Waals surface area contributed by atoms with Crippen molar-refractivity contribution >= 4 is 38.9 Å². The van der Waals surface area contributed by atoms with E-state index >= 15 is 0 Å². The molecule has 1 heterocycles. The van der Waals surface area contributed by atoms with Gasteiger partial charge in [0.25, 0.3) is 15.9 Å². The molecule has 154 valence electrons. The van der Waals surface area contributed by atoms with E-state index in [9.17, 15) is 13.2 Å². The molecule has 0 unspecified atom stereocenters. The van der Waals surface area contributed by atoms with Crippen molar-refractivity contribution in [3.8, 4) is 5.75 Å². The number of nitrogens with zero attached hydrogens (tertiary/aromatic N) is 1. The molecule has 0 saturated heterocycles. The lowest BCUT2D eigenvalue weighted by atomic mass is 10.2. The van der Waals surface area contributed by atoms with Crippen LogP contribution in [0.1, 0.15) is 5.56 Å². The lowest BCUT2D eigenvalue weighted by Gasteiger charge is -2.34. The molecule has 1 atom stereocenters. The third-order valence-electron chi connectivity index (χ3n) is 4.77. The fourth-order valence-corrected chi connectivity index (χ4v) is 4.84. The highest BCUT2D eigenvalue weighted by atomic mass is 35.5. The quantitative estimate of drug-likeness (QED) is 0.655. The Morgan fingerprint density at radius 3 is 2.43 bits per heavy atom. The van der Waals surface area contributed by atoms with Gasteiger partial charge in [-0.1, -0.05) is 53.6 Å². The zero-order valence-electron chi connectivity index (χ0n) is 16.1. The van der Waals surface area contributed by atoms with E-state index in [4.69, 9.17) is 16.3 Å². The molecule has 0 spiro atoms. The summed E-state index contributed by atoms with van der Waals surface area (Å²) < 4.78 is 33.8. The summed E-state index contributed by atoms with van der Waals surface area (Å²) in [6.07, 6.45) is -1.05. The number of carbonyl (C=O) groups is 1. The fourth-order valence-electron chi connectivity index (χ4n) is 3.18. The molecule has 6 nitrogen and oxygen atoms in total. The minimum atomic E-state index is -3.89. The van der Waals surface area contributed by atoms with Crippen LogP contribution in [0.25, 0.3) is 0 Å². The first-order chi connectivity index (χ1) is 14.4. The average Bonchev–Trinajstić information content (AvgIpc) is 2.74. The summed E-state index contributed by atoms with van der Waals surface area (Å²) >= 11 is 6.12. The van der Waals surface area contributed by atoms with E-state index in [1.165, 1.54) is 4.31 Å². The molecule has 0 fully saturated rings. The van der Waals surface area contributed by atoms with Gasteiger partial charge < -0.3 is 10.1 Å². The number of carbonyl (C=O) groups excluding carboxylic acids is 1. The second kappa shape index (κ2) is 8.01. The first-order valence-electron chi connectivity index (χ1n) is 9.27. The van der Waals surface area contributed by atoms with Crippen molar-refractivity contribution in [2.75, 3.05) is 16.2 Å². The zero-order chi connectivity index (χ0) is 21.3. The summed E-state index contributed by atoms with van der Waals surface area (Å²) in [5, 5.41) is 3.09. The van der Waals surface area contributed by atoms with E-state index < -0.39 is 22.0 Å². The molecular weight excluding hydrogens is 424 g/mol. The van der Waals surface area contributed by atoms with E-state index in [1.807, 2.05) is 6.92 Å². The largest absolute Gasteiger partial charge is 0.476 e. The third-order valence-corrected chi connectivity index (χ3v) is 6.89. The number of amides is 1. The average molecular weight is 443 g/mol. The van der Waals surface area contributed by atoms with Crippen LogP contribution in [0.5, 0.6) is 5.75 Å². The summed E-state index contributed by atoms with van der Waals surface area (Å²) in [5.74, 6) is -0.166. The maximum Gasteiger partial charge on any atom is 0.267 e. The molecule has 0 aromatic heterocycles. The monoisotopic (exact) mass is 442 g/mol. The Morgan fingerprint density at radius 2 is 1.70 bits per heavy atom. The molecule has 0 radical (unpaired) electrons. The van der Waals surface area contributed by atoms with Crippen LogP contribution < -0.4 is 14.4 Å². The van der Waals surface area contributed by atoms with Gasteiger partial charge in [-0.25, -0.2) is 8.42 Å². The molecule has 3 aromatic rings. The predicted octanol–water partition coefficient (Wildman–Crippen LogP) is 4.24. The highest BCUT2D eigenvalue weighted by Gasteiger charge is 2.37. The van der Waals surface area contributed by atoms with Gasteiger partial charge in [0, 0.05) is 0 Å². The Hall–Kier alpha value is -3.03. The van der Waals surface area contributed by atoms with Gasteiger partial charge in [-0.05, 0) is 43.3 Å². The van der Waals surface area contributed by atoms with Crippen LogP contribution >= 0.6 is 11.6 Å². The van der Waals surface area contributed by atoms with Crippen molar-refractivity contribution in [2.24, 2.45) is 0 Å². The van der Waals surface area contributed by atoms with Gasteiger partial charge in [0.1, 0.15) is 5.75 Å². The van der Waals surface area contributed by atoms with Gasteiger partial charge in [0.05, 0.1) is 27.8 Å². The molecule has 8 heteroatoms. The van der Waals surface area contributed by atoms with Crippen molar-refractivity contribution < 1.29 is 17.9 Å². The van der Waals surface area contributed by atoms with Crippen LogP contribution in [0.15, 0.2) is 77.7 Å². The minimum absolute atomic E-state index is 0.148. The van der Waals surface area contributed by atoms with Crippen LogP contribution in [0, 0.1) is 6.92 Å². The Bertz CT molecular complexity index is 1200. The van der Waals surface area contributed by atoms with Gasteiger partial charge in [-0.3, -0.25) is 9.10 Å². The maximum absolute atomic E-state index is 13.4. The molecule has 1 amide bonds. The number of ether oxygens (including phenoxy) is 1. The number of halogens is 1. The number of aryl methyl sites for hydroxylation is 1. The van der Waals surface area contributed by atoms with Gasteiger partial charge in [-0.2, -0.15) is 0 Å². The highest BCUT2D eigenvalue weighted by Crippen LogP contribution is 2.37. The minimum Gasteiger partial charge on any atom is -0.476 e. The lowest BCUT2D eigenvalue weighted by molar-refractivity contribution is -0.122. The molecule has 3 aromatic carbocycles. The van der Waals surface area contributed by atoms with Gasteiger partial charge in [0.15, 0.2) is 6.10 Å². The molecule has 0 aliphatic carbocycles. The molecule has 4 rings (SSSR count). The van der Waals surface area contributed by atoms with Crippen molar-refractivity contribution in [3.63, 3.8) is 0 Å². The van der Waals surface area contributed by atoms with Crippen LogP contribution in [0.3, 0.4) is 0 Å². The van der Waals surface area contributed by atoms with Crippen molar-refractivity contribution in [1.82, 2.24) is 0 Å². The van der Waals surface area contributed by atoms with E-state index in [1.54, 1.807) is 72.8 Å². The molecule has 0 bridgehead atoms. The van der Waals surface area contributed by atoms with E-state index in [0.29, 0.717) is 22.1 Å². The topological polar surface area (TPSA) is 75.7 Å². The number of hydrogen-bond donors (Lipinski definition) is 1. The molecule has 0 saturated carbocycles. The Labute approximate surface area is 180 Å². The maximum atomic E-state index is 13.4.